The van der Waals surface area contributed by atoms with E-state index in [1.54, 1.807) is 5.56 Å². The minimum atomic E-state index is 0.800. The Bertz CT molecular complexity index is 697. The normalized spacial score (nSPS) is 18.6. The Morgan fingerprint density at radius 2 is 1.55 bits per heavy atom. The lowest BCUT2D eigenvalue weighted by Crippen LogP contribution is -2.04. The number of rotatable bonds is 2. The summed E-state index contributed by atoms with van der Waals surface area (Å²) in [5, 5.41) is 0. The van der Waals surface area contributed by atoms with Crippen molar-refractivity contribution in [3.8, 4) is 0 Å². The van der Waals surface area contributed by atoms with Crippen LogP contribution in [0.15, 0.2) is 54.1 Å². The highest BCUT2D eigenvalue weighted by Gasteiger charge is 2.20. The minimum Gasteiger partial charge on any atom is -0.0619 e. The van der Waals surface area contributed by atoms with Crippen molar-refractivity contribution in [2.75, 3.05) is 0 Å². The molecule has 0 heteroatoms. The highest BCUT2D eigenvalue weighted by atomic mass is 14.2. The summed E-state index contributed by atoms with van der Waals surface area (Å²) in [5.41, 5.74) is 8.82. The maximum atomic E-state index is 2.38. The van der Waals surface area contributed by atoms with Crippen LogP contribution in [-0.4, -0.2) is 0 Å². The molecule has 0 nitrogen and oxygen atoms in total. The van der Waals surface area contributed by atoms with Gasteiger partial charge in [0.1, 0.15) is 0 Å². The topological polar surface area (TPSA) is 0 Å². The third-order valence-electron chi connectivity index (χ3n) is 5.45. The molecule has 0 spiro atoms. The van der Waals surface area contributed by atoms with E-state index in [0.29, 0.717) is 0 Å². The number of hydrogen-bond acceptors (Lipinski definition) is 0. The Kier molecular flexibility index (Phi) is 3.62. The van der Waals surface area contributed by atoms with Crippen LogP contribution in [0.5, 0.6) is 0 Å². The van der Waals surface area contributed by atoms with Crippen molar-refractivity contribution in [2.24, 2.45) is 0 Å². The van der Waals surface area contributed by atoms with Crippen molar-refractivity contribution in [1.29, 1.82) is 0 Å². The molecule has 22 heavy (non-hydrogen) atoms. The van der Waals surface area contributed by atoms with Crippen LogP contribution in [0.1, 0.15) is 67.2 Å². The van der Waals surface area contributed by atoms with Gasteiger partial charge in [-0.15, -0.1) is 0 Å². The second-order valence-corrected chi connectivity index (χ2v) is 6.95. The molecular weight excluding hydrogens is 264 g/mol. The van der Waals surface area contributed by atoms with E-state index in [1.165, 1.54) is 59.9 Å². The van der Waals surface area contributed by atoms with Crippen molar-refractivity contribution in [3.63, 3.8) is 0 Å². The van der Waals surface area contributed by atoms with Crippen LogP contribution in [0.3, 0.4) is 0 Å². The summed E-state index contributed by atoms with van der Waals surface area (Å²) in [6.07, 6.45) is 8.11. The molecular formula is C22H24. The average Bonchev–Trinajstić information content (AvgIpc) is 2.91. The van der Waals surface area contributed by atoms with Crippen LogP contribution in [0, 0.1) is 0 Å². The zero-order valence-corrected chi connectivity index (χ0v) is 13.4. The molecule has 0 saturated heterocycles. The maximum absolute atomic E-state index is 2.38. The number of benzene rings is 2. The summed E-state index contributed by atoms with van der Waals surface area (Å²) in [5.74, 6) is 0.800. The Balaban J connectivity index is 1.65. The molecule has 112 valence electrons. The predicted octanol–water partition coefficient (Wildman–Crippen LogP) is 6.11. The van der Waals surface area contributed by atoms with Gasteiger partial charge in [0.25, 0.3) is 0 Å². The Morgan fingerprint density at radius 1 is 0.818 bits per heavy atom. The van der Waals surface area contributed by atoms with Crippen molar-refractivity contribution >= 4 is 5.57 Å². The van der Waals surface area contributed by atoms with Gasteiger partial charge in [-0.05, 0) is 59.9 Å². The Hall–Kier alpha value is -1.82. The largest absolute Gasteiger partial charge is 0.0619 e. The van der Waals surface area contributed by atoms with Gasteiger partial charge in [-0.2, -0.15) is 0 Å². The van der Waals surface area contributed by atoms with Gasteiger partial charge in [0.2, 0.25) is 0 Å². The summed E-state index contributed by atoms with van der Waals surface area (Å²) in [7, 11) is 0. The third kappa shape index (κ3) is 2.41. The Morgan fingerprint density at radius 3 is 2.32 bits per heavy atom. The summed E-state index contributed by atoms with van der Waals surface area (Å²) in [6.45, 7) is 2.28. The second kappa shape index (κ2) is 5.76. The highest BCUT2D eigenvalue weighted by molar-refractivity contribution is 5.87. The molecule has 1 saturated carbocycles. The van der Waals surface area contributed by atoms with Crippen molar-refractivity contribution < 1.29 is 0 Å². The lowest BCUT2D eigenvalue weighted by atomic mass is 9.83. The van der Waals surface area contributed by atoms with E-state index in [-0.39, 0.29) is 0 Å². The number of hydrogen-bond donors (Lipinski definition) is 0. The van der Waals surface area contributed by atoms with Crippen molar-refractivity contribution in [1.82, 2.24) is 0 Å². The fourth-order valence-electron chi connectivity index (χ4n) is 4.28. The first-order valence-corrected chi connectivity index (χ1v) is 8.71. The molecule has 0 atom stereocenters. The molecule has 4 rings (SSSR count). The number of allylic oxidation sites excluding steroid dienone is 1. The van der Waals surface area contributed by atoms with Crippen molar-refractivity contribution in [3.05, 3.63) is 76.4 Å². The van der Waals surface area contributed by atoms with Crippen LogP contribution in [0.25, 0.3) is 5.57 Å². The van der Waals surface area contributed by atoms with Gasteiger partial charge in [0.05, 0.1) is 0 Å². The molecule has 1 fully saturated rings. The standard InChI is InChI=1S/C22H24/c1-16-15-20-9-5-6-10-21(20)22(16)19-13-11-18(12-14-19)17-7-3-2-4-8-17/h5-6,9-14,17H,2-4,7-8,15H2,1H3. The van der Waals surface area contributed by atoms with E-state index < -0.39 is 0 Å². The average molecular weight is 288 g/mol. The van der Waals surface area contributed by atoms with Crippen LogP contribution in [0.2, 0.25) is 0 Å². The molecule has 0 amide bonds. The van der Waals surface area contributed by atoms with Crippen molar-refractivity contribution in [2.45, 2.75) is 51.4 Å². The molecule has 0 bridgehead atoms. The van der Waals surface area contributed by atoms with Gasteiger partial charge in [-0.3, -0.25) is 0 Å². The first kappa shape index (κ1) is 13.8. The minimum absolute atomic E-state index is 0.800. The smallest absolute Gasteiger partial charge is 0.00543 e. The number of fused-ring (bicyclic) bond motifs is 1. The summed E-state index contributed by atoms with van der Waals surface area (Å²) >= 11 is 0. The first-order chi connectivity index (χ1) is 10.8. The van der Waals surface area contributed by atoms with E-state index >= 15 is 0 Å². The first-order valence-electron chi connectivity index (χ1n) is 8.71. The highest BCUT2D eigenvalue weighted by Crippen LogP contribution is 2.38. The molecule has 2 aromatic carbocycles. The monoisotopic (exact) mass is 288 g/mol. The fraction of sp³-hybridized carbons (Fsp3) is 0.364. The van der Waals surface area contributed by atoms with Crippen LogP contribution >= 0.6 is 0 Å². The molecule has 0 unspecified atom stereocenters. The van der Waals surface area contributed by atoms with E-state index in [1.807, 2.05) is 0 Å². The SMILES string of the molecule is CC1=C(c2ccc(C3CCCCC3)cc2)c2ccccc2C1. The third-order valence-corrected chi connectivity index (χ3v) is 5.45. The van der Waals surface area contributed by atoms with Gasteiger partial charge >= 0.3 is 0 Å². The molecule has 0 N–H and O–H groups in total. The lowest BCUT2D eigenvalue weighted by Gasteiger charge is -2.22. The van der Waals surface area contributed by atoms with E-state index in [4.69, 9.17) is 0 Å². The van der Waals surface area contributed by atoms with Crippen LogP contribution in [-0.2, 0) is 6.42 Å². The van der Waals surface area contributed by atoms with Gasteiger partial charge in [-0.25, -0.2) is 0 Å². The van der Waals surface area contributed by atoms with Gasteiger partial charge in [0, 0.05) is 0 Å². The molecule has 0 heterocycles. The second-order valence-electron chi connectivity index (χ2n) is 6.95. The fourth-order valence-corrected chi connectivity index (χ4v) is 4.28. The van der Waals surface area contributed by atoms with Crippen LogP contribution in [0.4, 0.5) is 0 Å². The predicted molar refractivity (Wildman–Crippen MR) is 94.1 cm³/mol. The summed E-state index contributed by atoms with van der Waals surface area (Å²) in [4.78, 5) is 0. The Labute approximate surface area is 133 Å². The lowest BCUT2D eigenvalue weighted by molar-refractivity contribution is 0.443. The molecule has 0 aromatic heterocycles. The molecule has 2 aliphatic carbocycles. The zero-order chi connectivity index (χ0) is 14.9. The van der Waals surface area contributed by atoms with Gasteiger partial charge < -0.3 is 0 Å². The molecule has 2 aromatic rings. The van der Waals surface area contributed by atoms with E-state index in [9.17, 15) is 0 Å². The molecule has 2 aliphatic rings. The quantitative estimate of drug-likeness (QED) is 0.625. The van der Waals surface area contributed by atoms with Gasteiger partial charge in [0.15, 0.2) is 0 Å². The maximum Gasteiger partial charge on any atom is -0.00543 e. The molecule has 0 radical (unpaired) electrons. The van der Waals surface area contributed by atoms with Crippen LogP contribution < -0.4 is 0 Å². The van der Waals surface area contributed by atoms with E-state index in [2.05, 4.69) is 55.5 Å². The van der Waals surface area contributed by atoms with Gasteiger partial charge in [-0.1, -0.05) is 73.4 Å². The summed E-state index contributed by atoms with van der Waals surface area (Å²) < 4.78 is 0. The summed E-state index contributed by atoms with van der Waals surface area (Å²) in [6, 6.07) is 18.3. The molecule has 0 aliphatic heterocycles. The zero-order valence-electron chi connectivity index (χ0n) is 13.4. The van der Waals surface area contributed by atoms with E-state index in [0.717, 1.165) is 12.3 Å².